The number of benzene rings is 1. The summed E-state index contributed by atoms with van der Waals surface area (Å²) in [6.45, 7) is 4.25. The Morgan fingerprint density at radius 1 is 1.11 bits per heavy atom. The van der Waals surface area contributed by atoms with Crippen molar-refractivity contribution in [3.63, 3.8) is 0 Å². The molecule has 1 aromatic heterocycles. The van der Waals surface area contributed by atoms with E-state index >= 15 is 0 Å². The predicted molar refractivity (Wildman–Crippen MR) is 107 cm³/mol. The van der Waals surface area contributed by atoms with Crippen molar-refractivity contribution in [2.75, 3.05) is 36.0 Å². The summed E-state index contributed by atoms with van der Waals surface area (Å²) < 4.78 is 0. The number of anilines is 3. The third kappa shape index (κ3) is 5.27. The van der Waals surface area contributed by atoms with E-state index < -0.39 is 0 Å². The number of amides is 2. The van der Waals surface area contributed by atoms with Crippen molar-refractivity contribution in [2.24, 2.45) is 0 Å². The fourth-order valence-electron chi connectivity index (χ4n) is 3.12. The monoisotopic (exact) mass is 367 g/mol. The number of piperidine rings is 1. The second-order valence-corrected chi connectivity index (χ2v) is 6.82. The molecular formula is C20H25N5O2. The average Bonchev–Trinajstić information content (AvgIpc) is 2.65. The molecule has 1 saturated heterocycles. The van der Waals surface area contributed by atoms with Crippen molar-refractivity contribution >= 4 is 29.0 Å². The molecule has 0 saturated carbocycles. The van der Waals surface area contributed by atoms with Gasteiger partial charge < -0.3 is 16.4 Å². The van der Waals surface area contributed by atoms with Gasteiger partial charge in [0.2, 0.25) is 5.91 Å². The van der Waals surface area contributed by atoms with Crippen LogP contribution in [0.15, 0.2) is 36.4 Å². The molecule has 1 aliphatic rings. The van der Waals surface area contributed by atoms with Crippen LogP contribution in [-0.2, 0) is 4.79 Å². The van der Waals surface area contributed by atoms with Gasteiger partial charge >= 0.3 is 0 Å². The number of nitrogen functional groups attached to an aromatic ring is 1. The highest BCUT2D eigenvalue weighted by Crippen LogP contribution is 2.21. The van der Waals surface area contributed by atoms with Gasteiger partial charge in [-0.25, -0.2) is 4.98 Å². The molecule has 2 amide bonds. The molecule has 0 aliphatic carbocycles. The highest BCUT2D eigenvalue weighted by atomic mass is 16.2. The Hall–Kier alpha value is -2.93. The first-order chi connectivity index (χ1) is 13.0. The van der Waals surface area contributed by atoms with E-state index in [1.165, 1.54) is 6.42 Å². The van der Waals surface area contributed by atoms with Crippen LogP contribution in [0.3, 0.4) is 0 Å². The minimum Gasteiger partial charge on any atom is -0.384 e. The predicted octanol–water partition coefficient (Wildman–Crippen LogP) is 2.65. The summed E-state index contributed by atoms with van der Waals surface area (Å²) in [4.78, 5) is 30.9. The fourth-order valence-corrected chi connectivity index (χ4v) is 3.12. The molecule has 4 N–H and O–H groups in total. The molecule has 27 heavy (non-hydrogen) atoms. The van der Waals surface area contributed by atoms with Crippen LogP contribution >= 0.6 is 0 Å². The Morgan fingerprint density at radius 3 is 2.63 bits per heavy atom. The zero-order valence-corrected chi connectivity index (χ0v) is 15.5. The largest absolute Gasteiger partial charge is 0.384 e. The number of nitrogens with one attached hydrogen (secondary N) is 2. The van der Waals surface area contributed by atoms with Crippen molar-refractivity contribution in [1.82, 2.24) is 9.88 Å². The zero-order chi connectivity index (χ0) is 19.2. The summed E-state index contributed by atoms with van der Waals surface area (Å²) in [6, 6.07) is 10.3. The minimum atomic E-state index is -0.350. The van der Waals surface area contributed by atoms with Crippen molar-refractivity contribution in [2.45, 2.75) is 26.2 Å². The number of nitrogens with two attached hydrogens (primary N) is 1. The molecule has 1 aromatic carbocycles. The second-order valence-electron chi connectivity index (χ2n) is 6.82. The number of aryl methyl sites for hydroxylation is 1. The van der Waals surface area contributed by atoms with Crippen LogP contribution in [-0.4, -0.2) is 41.3 Å². The highest BCUT2D eigenvalue weighted by molar-refractivity contribution is 6.03. The highest BCUT2D eigenvalue weighted by Gasteiger charge is 2.15. The number of aromatic nitrogens is 1. The topological polar surface area (TPSA) is 100 Å². The maximum absolute atomic E-state index is 12.4. The molecule has 7 nitrogen and oxygen atoms in total. The second kappa shape index (κ2) is 8.64. The average molecular weight is 367 g/mol. The summed E-state index contributed by atoms with van der Waals surface area (Å²) in [5, 5.41) is 5.74. The van der Waals surface area contributed by atoms with E-state index in [0.717, 1.165) is 31.5 Å². The summed E-state index contributed by atoms with van der Waals surface area (Å²) >= 11 is 0. The number of carbonyl (C=O) groups excluding carboxylic acids is 2. The summed E-state index contributed by atoms with van der Waals surface area (Å²) in [5.41, 5.74) is 8.07. The van der Waals surface area contributed by atoms with Gasteiger partial charge in [0.1, 0.15) is 11.5 Å². The SMILES string of the molecule is Cc1ccc(NC(=O)c2cccc(N)n2)cc1NC(=O)CN1CCCCC1. The molecule has 2 heterocycles. The van der Waals surface area contributed by atoms with Crippen LogP contribution in [0.4, 0.5) is 17.2 Å². The molecule has 7 heteroatoms. The van der Waals surface area contributed by atoms with Gasteiger partial charge in [0.05, 0.1) is 6.54 Å². The Bertz CT molecular complexity index is 831. The van der Waals surface area contributed by atoms with E-state index in [1.807, 2.05) is 13.0 Å². The smallest absolute Gasteiger partial charge is 0.274 e. The number of pyridine rings is 1. The molecule has 1 aliphatic heterocycles. The van der Waals surface area contributed by atoms with Crippen molar-refractivity contribution in [3.05, 3.63) is 47.7 Å². The van der Waals surface area contributed by atoms with Gasteiger partial charge in [-0.3, -0.25) is 14.5 Å². The van der Waals surface area contributed by atoms with Gasteiger partial charge in [-0.1, -0.05) is 18.6 Å². The van der Waals surface area contributed by atoms with Crippen molar-refractivity contribution in [1.29, 1.82) is 0 Å². The maximum atomic E-state index is 12.4. The Balaban J connectivity index is 1.64. The van der Waals surface area contributed by atoms with Crippen LogP contribution in [0.2, 0.25) is 0 Å². The van der Waals surface area contributed by atoms with E-state index in [4.69, 9.17) is 5.73 Å². The third-order valence-electron chi connectivity index (χ3n) is 4.59. The minimum absolute atomic E-state index is 0.0408. The number of nitrogens with zero attached hydrogens (tertiary/aromatic N) is 2. The van der Waals surface area contributed by atoms with Crippen LogP contribution in [0, 0.1) is 6.92 Å². The molecule has 0 bridgehead atoms. The number of likely N-dealkylation sites (tertiary alicyclic amines) is 1. The van der Waals surface area contributed by atoms with E-state index in [2.05, 4.69) is 20.5 Å². The lowest BCUT2D eigenvalue weighted by Crippen LogP contribution is -2.36. The molecule has 0 atom stereocenters. The standard InChI is InChI=1S/C20H25N5O2/c1-14-8-9-15(22-20(27)16-6-5-7-18(21)23-16)12-17(14)24-19(26)13-25-10-3-2-4-11-25/h5-9,12H,2-4,10-11,13H2,1H3,(H2,21,23)(H,22,27)(H,24,26). The Morgan fingerprint density at radius 2 is 1.89 bits per heavy atom. The molecule has 0 radical (unpaired) electrons. The lowest BCUT2D eigenvalue weighted by molar-refractivity contribution is -0.117. The van der Waals surface area contributed by atoms with Gasteiger partial charge in [0, 0.05) is 11.4 Å². The lowest BCUT2D eigenvalue weighted by atomic mass is 10.1. The van der Waals surface area contributed by atoms with Gasteiger partial charge in [-0.15, -0.1) is 0 Å². The van der Waals surface area contributed by atoms with E-state index in [9.17, 15) is 9.59 Å². The molecule has 3 rings (SSSR count). The summed E-state index contributed by atoms with van der Waals surface area (Å²) in [7, 11) is 0. The molecule has 0 unspecified atom stereocenters. The summed E-state index contributed by atoms with van der Waals surface area (Å²) in [5.74, 6) is -0.102. The lowest BCUT2D eigenvalue weighted by Gasteiger charge is -2.25. The van der Waals surface area contributed by atoms with Crippen molar-refractivity contribution < 1.29 is 9.59 Å². The Kier molecular flexibility index (Phi) is 6.03. The molecule has 142 valence electrons. The van der Waals surface area contributed by atoms with Gasteiger partial charge in [-0.05, 0) is 62.7 Å². The maximum Gasteiger partial charge on any atom is 0.274 e. The van der Waals surface area contributed by atoms with Crippen LogP contribution < -0.4 is 16.4 Å². The fraction of sp³-hybridized carbons (Fsp3) is 0.350. The first kappa shape index (κ1) is 18.8. The number of rotatable bonds is 5. The normalized spacial score (nSPS) is 14.6. The van der Waals surface area contributed by atoms with Crippen LogP contribution in [0.5, 0.6) is 0 Å². The first-order valence-electron chi connectivity index (χ1n) is 9.18. The molecule has 2 aromatic rings. The van der Waals surface area contributed by atoms with Crippen molar-refractivity contribution in [3.8, 4) is 0 Å². The molecule has 1 fully saturated rings. The van der Waals surface area contributed by atoms with Gasteiger partial charge in [-0.2, -0.15) is 0 Å². The van der Waals surface area contributed by atoms with E-state index in [-0.39, 0.29) is 23.3 Å². The Labute approximate surface area is 159 Å². The molecule has 0 spiro atoms. The van der Waals surface area contributed by atoms with Crippen LogP contribution in [0.25, 0.3) is 0 Å². The van der Waals surface area contributed by atoms with E-state index in [1.54, 1.807) is 30.3 Å². The number of hydrogen-bond donors (Lipinski definition) is 3. The summed E-state index contributed by atoms with van der Waals surface area (Å²) in [6.07, 6.45) is 3.53. The van der Waals surface area contributed by atoms with Gasteiger partial charge in [0.15, 0.2) is 0 Å². The first-order valence-corrected chi connectivity index (χ1v) is 9.18. The zero-order valence-electron chi connectivity index (χ0n) is 15.5. The number of hydrogen-bond acceptors (Lipinski definition) is 5. The molecular weight excluding hydrogens is 342 g/mol. The quantitative estimate of drug-likeness (QED) is 0.754. The number of carbonyl (C=O) groups is 2. The van der Waals surface area contributed by atoms with Crippen LogP contribution in [0.1, 0.15) is 35.3 Å². The van der Waals surface area contributed by atoms with Gasteiger partial charge in [0.25, 0.3) is 5.91 Å². The third-order valence-corrected chi connectivity index (χ3v) is 4.59. The van der Waals surface area contributed by atoms with E-state index in [0.29, 0.717) is 17.9 Å².